The highest BCUT2D eigenvalue weighted by Crippen LogP contribution is 2.51. The minimum Gasteiger partial charge on any atom is -0.0616 e. The van der Waals surface area contributed by atoms with Crippen molar-refractivity contribution >= 4 is 43.1 Å². The van der Waals surface area contributed by atoms with E-state index in [9.17, 15) is 0 Å². The van der Waals surface area contributed by atoms with Crippen molar-refractivity contribution in [2.45, 2.75) is 19.3 Å². The van der Waals surface area contributed by atoms with Crippen molar-refractivity contribution in [3.05, 3.63) is 181 Å². The quantitative estimate of drug-likeness (QED) is 0.172. The highest BCUT2D eigenvalue weighted by Gasteiger charge is 2.36. The van der Waals surface area contributed by atoms with Gasteiger partial charge in [-0.1, -0.05) is 153 Å². The first-order chi connectivity index (χ1) is 24.0. The lowest BCUT2D eigenvalue weighted by Gasteiger charge is -2.23. The summed E-state index contributed by atoms with van der Waals surface area (Å²) in [6.45, 7) is 4.76. The maximum Gasteiger partial charge on any atom is 0.0159 e. The normalized spacial score (nSPS) is 13.3. The van der Waals surface area contributed by atoms with Crippen LogP contribution in [0.25, 0.3) is 87.6 Å². The van der Waals surface area contributed by atoms with Gasteiger partial charge in [0.25, 0.3) is 0 Å². The van der Waals surface area contributed by atoms with Gasteiger partial charge in [0, 0.05) is 5.41 Å². The third-order valence-corrected chi connectivity index (χ3v) is 11.0. The highest BCUT2D eigenvalue weighted by atomic mass is 14.4. The van der Waals surface area contributed by atoms with Crippen LogP contribution in [0, 0.1) is 0 Å². The zero-order valence-electron chi connectivity index (χ0n) is 27.7. The predicted octanol–water partition coefficient (Wildman–Crippen LogP) is 13.6. The van der Waals surface area contributed by atoms with Crippen LogP contribution in [0.3, 0.4) is 0 Å². The van der Waals surface area contributed by atoms with Gasteiger partial charge in [-0.2, -0.15) is 0 Å². The molecule has 9 aromatic carbocycles. The smallest absolute Gasteiger partial charge is 0.0159 e. The van der Waals surface area contributed by atoms with Crippen LogP contribution in [-0.4, -0.2) is 0 Å². The van der Waals surface area contributed by atoms with Crippen molar-refractivity contribution in [2.24, 2.45) is 0 Å². The summed E-state index contributed by atoms with van der Waals surface area (Å²) in [5.74, 6) is 0. The van der Waals surface area contributed by atoms with Gasteiger partial charge in [-0.15, -0.1) is 0 Å². The Kier molecular flexibility index (Phi) is 6.02. The number of hydrogen-bond acceptors (Lipinski definition) is 0. The van der Waals surface area contributed by atoms with E-state index in [0.717, 1.165) is 0 Å². The van der Waals surface area contributed by atoms with Crippen molar-refractivity contribution in [1.29, 1.82) is 0 Å². The molecule has 0 saturated carbocycles. The van der Waals surface area contributed by atoms with Gasteiger partial charge < -0.3 is 0 Å². The van der Waals surface area contributed by atoms with Crippen molar-refractivity contribution in [3.8, 4) is 44.5 Å². The van der Waals surface area contributed by atoms with E-state index in [1.807, 2.05) is 0 Å². The minimum absolute atomic E-state index is 0.102. The van der Waals surface area contributed by atoms with E-state index < -0.39 is 0 Å². The van der Waals surface area contributed by atoms with Gasteiger partial charge in [0.2, 0.25) is 0 Å². The molecule has 0 saturated heterocycles. The largest absolute Gasteiger partial charge is 0.0616 e. The van der Waals surface area contributed by atoms with Gasteiger partial charge in [0.05, 0.1) is 0 Å². The minimum atomic E-state index is -0.102. The molecule has 9 aromatic rings. The maximum absolute atomic E-state index is 2.43. The first-order valence-corrected chi connectivity index (χ1v) is 17.3. The average Bonchev–Trinajstić information content (AvgIpc) is 3.38. The lowest BCUT2D eigenvalue weighted by Crippen LogP contribution is -2.15. The lowest BCUT2D eigenvalue weighted by molar-refractivity contribution is 0.661. The Morgan fingerprint density at radius 1 is 0.286 bits per heavy atom. The van der Waals surface area contributed by atoms with E-state index in [2.05, 4.69) is 184 Å². The summed E-state index contributed by atoms with van der Waals surface area (Å²) in [6.07, 6.45) is 0. The summed E-state index contributed by atoms with van der Waals surface area (Å²) in [7, 11) is 0. The Bertz CT molecular complexity index is 2790. The van der Waals surface area contributed by atoms with Crippen LogP contribution in [0.5, 0.6) is 0 Å². The van der Waals surface area contributed by atoms with Gasteiger partial charge in [0.1, 0.15) is 0 Å². The van der Waals surface area contributed by atoms with E-state index in [-0.39, 0.29) is 5.41 Å². The van der Waals surface area contributed by atoms with Crippen molar-refractivity contribution in [2.75, 3.05) is 0 Å². The van der Waals surface area contributed by atoms with Gasteiger partial charge in [-0.25, -0.2) is 0 Å². The molecule has 0 N–H and O–H groups in total. The van der Waals surface area contributed by atoms with Crippen LogP contribution in [0.15, 0.2) is 170 Å². The van der Waals surface area contributed by atoms with Gasteiger partial charge in [0.15, 0.2) is 0 Å². The molecule has 0 spiro atoms. The highest BCUT2D eigenvalue weighted by molar-refractivity contribution is 6.14. The zero-order valence-corrected chi connectivity index (χ0v) is 27.7. The molecule has 0 radical (unpaired) electrons. The van der Waals surface area contributed by atoms with E-state index in [1.165, 1.54) is 98.7 Å². The molecule has 1 aliphatic carbocycles. The average molecular weight is 623 g/mol. The lowest BCUT2D eigenvalue weighted by atomic mass is 9.80. The molecule has 0 unspecified atom stereocenters. The molecular formula is C49H34. The molecule has 0 fully saturated rings. The Morgan fingerprint density at radius 3 is 1.57 bits per heavy atom. The molecule has 1 aliphatic rings. The molecule has 0 heteroatoms. The Morgan fingerprint density at radius 2 is 0.796 bits per heavy atom. The Labute approximate surface area is 286 Å². The molecule has 0 atom stereocenters. The van der Waals surface area contributed by atoms with Crippen LogP contribution in [0.2, 0.25) is 0 Å². The predicted molar refractivity (Wildman–Crippen MR) is 210 cm³/mol. The number of benzene rings is 9. The second-order valence-corrected chi connectivity index (χ2v) is 14.1. The number of rotatable bonds is 3. The number of hydrogen-bond donors (Lipinski definition) is 0. The van der Waals surface area contributed by atoms with E-state index in [1.54, 1.807) is 0 Å². The molecular weight excluding hydrogens is 589 g/mol. The summed E-state index contributed by atoms with van der Waals surface area (Å²) < 4.78 is 0. The van der Waals surface area contributed by atoms with Crippen molar-refractivity contribution in [3.63, 3.8) is 0 Å². The molecule has 0 nitrogen and oxygen atoms in total. The summed E-state index contributed by atoms with van der Waals surface area (Å²) in [6, 6.07) is 63.2. The first kappa shape index (κ1) is 28.1. The SMILES string of the molecule is CC1(C)c2cc(-c3ccc4cc(-c5cc6ccccc6c6ccccc56)ccc4c3)ccc2-c2ccc(-c3cccc4ccccc34)cc21. The van der Waals surface area contributed by atoms with E-state index >= 15 is 0 Å². The number of fused-ring (bicyclic) bond motifs is 8. The standard InChI is InChI=1S/C49H34/c1-49(2)47-29-35(22-24-44(47)45-25-23-38(30-48(45)49)40-17-9-12-31-10-3-5-13-39(31)40)33-18-19-34-27-37(21-20-32(34)26-33)46-28-36-11-4-6-14-41(36)42-15-7-8-16-43(42)46/h3-30H,1-2H3. The second kappa shape index (κ2) is 10.5. The Hall–Kier alpha value is -5.98. The van der Waals surface area contributed by atoms with Gasteiger partial charge >= 0.3 is 0 Å². The summed E-state index contributed by atoms with van der Waals surface area (Å²) in [4.78, 5) is 0. The van der Waals surface area contributed by atoms with E-state index in [0.29, 0.717) is 0 Å². The third kappa shape index (κ3) is 4.31. The fourth-order valence-electron chi connectivity index (χ4n) is 8.45. The molecule has 0 aliphatic heterocycles. The fraction of sp³-hybridized carbons (Fsp3) is 0.0612. The van der Waals surface area contributed by atoms with E-state index in [4.69, 9.17) is 0 Å². The van der Waals surface area contributed by atoms with Crippen molar-refractivity contribution < 1.29 is 0 Å². The summed E-state index contributed by atoms with van der Waals surface area (Å²) >= 11 is 0. The maximum atomic E-state index is 2.43. The fourth-order valence-corrected chi connectivity index (χ4v) is 8.45. The van der Waals surface area contributed by atoms with Gasteiger partial charge in [-0.3, -0.25) is 0 Å². The molecule has 230 valence electrons. The molecule has 10 rings (SSSR count). The van der Waals surface area contributed by atoms with Crippen LogP contribution >= 0.6 is 0 Å². The summed E-state index contributed by atoms with van der Waals surface area (Å²) in [5, 5.41) is 10.3. The molecule has 0 bridgehead atoms. The third-order valence-electron chi connectivity index (χ3n) is 11.0. The van der Waals surface area contributed by atoms with Crippen LogP contribution in [-0.2, 0) is 5.41 Å². The second-order valence-electron chi connectivity index (χ2n) is 14.1. The van der Waals surface area contributed by atoms with Crippen molar-refractivity contribution in [1.82, 2.24) is 0 Å². The van der Waals surface area contributed by atoms with Crippen LogP contribution in [0.1, 0.15) is 25.0 Å². The molecule has 0 aromatic heterocycles. The molecule has 0 heterocycles. The first-order valence-electron chi connectivity index (χ1n) is 17.3. The Balaban J connectivity index is 1.02. The molecule has 49 heavy (non-hydrogen) atoms. The summed E-state index contributed by atoms with van der Waals surface area (Å²) in [5.41, 5.74) is 13.0. The molecule has 0 amide bonds. The topological polar surface area (TPSA) is 0 Å². The monoisotopic (exact) mass is 622 g/mol. The van der Waals surface area contributed by atoms with Crippen LogP contribution < -0.4 is 0 Å². The van der Waals surface area contributed by atoms with Gasteiger partial charge in [-0.05, 0) is 129 Å². The zero-order chi connectivity index (χ0) is 32.7. The van der Waals surface area contributed by atoms with Crippen LogP contribution in [0.4, 0.5) is 0 Å².